The van der Waals surface area contributed by atoms with E-state index in [1.807, 2.05) is 13.8 Å². The largest absolute Gasteiger partial charge is 0.466 e. The standard InChI is InChI=1S/C15H26O3/c1-4-18-14(16)10-13(15(17)11(2)3)12-8-6-5-7-9-12/h11-13H,4-10H2,1-3H3/t13-/m0/s1. The van der Waals surface area contributed by atoms with Crippen LogP contribution in [0.3, 0.4) is 0 Å². The molecule has 1 saturated carbocycles. The van der Waals surface area contributed by atoms with E-state index in [1.54, 1.807) is 6.92 Å². The maximum atomic E-state index is 12.3. The highest BCUT2D eigenvalue weighted by atomic mass is 16.5. The monoisotopic (exact) mass is 254 g/mol. The lowest BCUT2D eigenvalue weighted by Gasteiger charge is -2.29. The highest BCUT2D eigenvalue weighted by molar-refractivity contribution is 5.87. The topological polar surface area (TPSA) is 43.4 Å². The summed E-state index contributed by atoms with van der Waals surface area (Å²) in [5, 5.41) is 0. The van der Waals surface area contributed by atoms with E-state index >= 15 is 0 Å². The summed E-state index contributed by atoms with van der Waals surface area (Å²) < 4.78 is 5.00. The van der Waals surface area contributed by atoms with Crippen molar-refractivity contribution < 1.29 is 14.3 Å². The van der Waals surface area contributed by atoms with Crippen molar-refractivity contribution in [3.8, 4) is 0 Å². The molecule has 0 radical (unpaired) electrons. The third kappa shape index (κ3) is 4.43. The second-order valence-electron chi connectivity index (χ2n) is 5.57. The van der Waals surface area contributed by atoms with Crippen molar-refractivity contribution in [2.45, 2.75) is 59.3 Å². The van der Waals surface area contributed by atoms with Crippen molar-refractivity contribution in [1.82, 2.24) is 0 Å². The maximum absolute atomic E-state index is 12.3. The molecule has 104 valence electrons. The molecule has 0 aliphatic heterocycles. The van der Waals surface area contributed by atoms with Crippen LogP contribution in [0.25, 0.3) is 0 Å². The molecule has 1 aliphatic carbocycles. The summed E-state index contributed by atoms with van der Waals surface area (Å²) in [7, 11) is 0. The second-order valence-corrected chi connectivity index (χ2v) is 5.57. The molecule has 3 nitrogen and oxygen atoms in total. The lowest BCUT2D eigenvalue weighted by Crippen LogP contribution is -2.31. The van der Waals surface area contributed by atoms with Crippen LogP contribution in [0, 0.1) is 17.8 Å². The van der Waals surface area contributed by atoms with E-state index in [0.29, 0.717) is 12.5 Å². The van der Waals surface area contributed by atoms with Gasteiger partial charge in [-0.1, -0.05) is 33.1 Å². The molecule has 18 heavy (non-hydrogen) atoms. The lowest BCUT2D eigenvalue weighted by molar-refractivity contribution is -0.147. The molecule has 1 rings (SSSR count). The molecule has 0 unspecified atom stereocenters. The van der Waals surface area contributed by atoms with Crippen molar-refractivity contribution in [3.05, 3.63) is 0 Å². The molecule has 1 atom stereocenters. The Morgan fingerprint density at radius 2 is 1.78 bits per heavy atom. The first kappa shape index (κ1) is 15.2. The number of hydrogen-bond donors (Lipinski definition) is 0. The SMILES string of the molecule is CCOC(=O)C[C@H](C(=O)C(C)C)C1CCCCC1. The maximum Gasteiger partial charge on any atom is 0.306 e. The van der Waals surface area contributed by atoms with E-state index in [2.05, 4.69) is 0 Å². The number of rotatable bonds is 6. The van der Waals surface area contributed by atoms with Crippen LogP contribution in [-0.2, 0) is 14.3 Å². The van der Waals surface area contributed by atoms with E-state index in [4.69, 9.17) is 4.74 Å². The molecular weight excluding hydrogens is 228 g/mol. The Hall–Kier alpha value is -0.860. The van der Waals surface area contributed by atoms with E-state index < -0.39 is 0 Å². The van der Waals surface area contributed by atoms with Crippen LogP contribution in [0.15, 0.2) is 0 Å². The van der Waals surface area contributed by atoms with Gasteiger partial charge in [0.05, 0.1) is 13.0 Å². The zero-order valence-corrected chi connectivity index (χ0v) is 11.9. The molecule has 0 aromatic carbocycles. The van der Waals surface area contributed by atoms with Crippen LogP contribution in [0.5, 0.6) is 0 Å². The van der Waals surface area contributed by atoms with Gasteiger partial charge in [0, 0.05) is 11.8 Å². The van der Waals surface area contributed by atoms with Crippen LogP contribution < -0.4 is 0 Å². The Morgan fingerprint density at radius 3 is 2.28 bits per heavy atom. The molecule has 0 spiro atoms. The Bertz CT molecular complexity index is 277. The number of Topliss-reactive ketones (excluding diaryl/α,β-unsaturated/α-hetero) is 1. The summed E-state index contributed by atoms with van der Waals surface area (Å²) in [6.07, 6.45) is 6.09. The predicted molar refractivity (Wildman–Crippen MR) is 71.2 cm³/mol. The quantitative estimate of drug-likeness (QED) is 0.683. The Balaban J connectivity index is 2.67. The van der Waals surface area contributed by atoms with Gasteiger partial charge in [-0.3, -0.25) is 9.59 Å². The molecule has 0 aromatic rings. The summed E-state index contributed by atoms with van der Waals surface area (Å²) in [4.78, 5) is 23.9. The van der Waals surface area contributed by atoms with Crippen LogP contribution >= 0.6 is 0 Å². The molecule has 1 fully saturated rings. The average Bonchev–Trinajstić information content (AvgIpc) is 2.36. The summed E-state index contributed by atoms with van der Waals surface area (Å²) in [5.74, 6) is 0.283. The molecule has 0 amide bonds. The smallest absolute Gasteiger partial charge is 0.306 e. The number of esters is 1. The third-order valence-corrected chi connectivity index (χ3v) is 3.85. The van der Waals surface area contributed by atoms with Crippen LogP contribution in [-0.4, -0.2) is 18.4 Å². The summed E-state index contributed by atoms with van der Waals surface area (Å²) in [6.45, 7) is 6.04. The minimum Gasteiger partial charge on any atom is -0.466 e. The molecule has 0 heterocycles. The summed E-state index contributed by atoms with van der Waals surface area (Å²) >= 11 is 0. The van der Waals surface area contributed by atoms with Gasteiger partial charge in [0.25, 0.3) is 0 Å². The van der Waals surface area contributed by atoms with Gasteiger partial charge in [-0.25, -0.2) is 0 Å². The lowest BCUT2D eigenvalue weighted by atomic mass is 9.74. The Kier molecular flexibility index (Phi) is 6.37. The van der Waals surface area contributed by atoms with E-state index in [1.165, 1.54) is 19.3 Å². The van der Waals surface area contributed by atoms with Gasteiger partial charge in [-0.05, 0) is 25.7 Å². The average molecular weight is 254 g/mol. The second kappa shape index (κ2) is 7.55. The molecule has 0 N–H and O–H groups in total. The first-order valence-electron chi connectivity index (χ1n) is 7.25. The van der Waals surface area contributed by atoms with E-state index in [-0.39, 0.29) is 30.0 Å². The normalized spacial score (nSPS) is 18.7. The van der Waals surface area contributed by atoms with Gasteiger partial charge < -0.3 is 4.74 Å². The van der Waals surface area contributed by atoms with Gasteiger partial charge in [0.2, 0.25) is 0 Å². The van der Waals surface area contributed by atoms with Gasteiger partial charge >= 0.3 is 5.97 Å². The number of ketones is 1. The van der Waals surface area contributed by atoms with Gasteiger partial charge in [-0.15, -0.1) is 0 Å². The number of ether oxygens (including phenoxy) is 1. The first-order valence-corrected chi connectivity index (χ1v) is 7.25. The number of carbonyl (C=O) groups is 2. The highest BCUT2D eigenvalue weighted by Crippen LogP contribution is 2.33. The van der Waals surface area contributed by atoms with Crippen molar-refractivity contribution in [2.75, 3.05) is 6.61 Å². The zero-order chi connectivity index (χ0) is 13.5. The molecule has 0 saturated heterocycles. The fourth-order valence-corrected chi connectivity index (χ4v) is 2.86. The third-order valence-electron chi connectivity index (χ3n) is 3.85. The Labute approximate surface area is 110 Å². The molecule has 3 heteroatoms. The minimum absolute atomic E-state index is 0.00588. The van der Waals surface area contributed by atoms with Crippen molar-refractivity contribution >= 4 is 11.8 Å². The fraction of sp³-hybridized carbons (Fsp3) is 0.867. The molecule has 0 bridgehead atoms. The molecule has 0 aromatic heterocycles. The van der Waals surface area contributed by atoms with Crippen LogP contribution in [0.1, 0.15) is 59.3 Å². The van der Waals surface area contributed by atoms with Crippen molar-refractivity contribution in [1.29, 1.82) is 0 Å². The minimum atomic E-state index is -0.220. The van der Waals surface area contributed by atoms with Gasteiger partial charge in [-0.2, -0.15) is 0 Å². The van der Waals surface area contributed by atoms with Crippen molar-refractivity contribution in [2.24, 2.45) is 17.8 Å². The van der Waals surface area contributed by atoms with Crippen LogP contribution in [0.2, 0.25) is 0 Å². The Morgan fingerprint density at radius 1 is 1.17 bits per heavy atom. The number of carbonyl (C=O) groups excluding carboxylic acids is 2. The molecular formula is C15H26O3. The number of hydrogen-bond acceptors (Lipinski definition) is 3. The zero-order valence-electron chi connectivity index (χ0n) is 11.9. The first-order chi connectivity index (χ1) is 8.56. The van der Waals surface area contributed by atoms with E-state index in [9.17, 15) is 9.59 Å². The van der Waals surface area contributed by atoms with Gasteiger partial charge in [0.15, 0.2) is 0 Å². The predicted octanol–water partition coefficient (Wildman–Crippen LogP) is 3.36. The van der Waals surface area contributed by atoms with Crippen molar-refractivity contribution in [3.63, 3.8) is 0 Å². The van der Waals surface area contributed by atoms with E-state index in [0.717, 1.165) is 12.8 Å². The highest BCUT2D eigenvalue weighted by Gasteiger charge is 2.32. The summed E-state index contributed by atoms with van der Waals surface area (Å²) in [5.41, 5.74) is 0. The molecule has 1 aliphatic rings. The van der Waals surface area contributed by atoms with Crippen LogP contribution in [0.4, 0.5) is 0 Å². The fourth-order valence-electron chi connectivity index (χ4n) is 2.86. The van der Waals surface area contributed by atoms with Gasteiger partial charge in [0.1, 0.15) is 5.78 Å². The summed E-state index contributed by atoms with van der Waals surface area (Å²) in [6, 6.07) is 0.